The molecular formula is C22H22N2O3S. The monoisotopic (exact) mass is 394 g/mol. The van der Waals surface area contributed by atoms with Gasteiger partial charge in [-0.05, 0) is 56.8 Å². The lowest BCUT2D eigenvalue weighted by Crippen LogP contribution is -2.13. The number of thiophene rings is 1. The second-order valence-corrected chi connectivity index (χ2v) is 7.75. The normalized spacial score (nSPS) is 11.3. The summed E-state index contributed by atoms with van der Waals surface area (Å²) in [6.07, 6.45) is 0. The maximum absolute atomic E-state index is 12.4. The fourth-order valence-corrected chi connectivity index (χ4v) is 4.21. The van der Waals surface area contributed by atoms with Crippen molar-refractivity contribution in [1.29, 1.82) is 0 Å². The average Bonchev–Trinajstić information content (AvgIpc) is 3.34. The summed E-state index contributed by atoms with van der Waals surface area (Å²) in [5.41, 5.74) is 4.63. The molecule has 0 radical (unpaired) electrons. The van der Waals surface area contributed by atoms with E-state index in [0.717, 1.165) is 38.4 Å². The first kappa shape index (κ1) is 18.5. The first-order valence-electron chi connectivity index (χ1n) is 9.25. The number of rotatable bonds is 5. The lowest BCUT2D eigenvalue weighted by molar-refractivity contribution is 0.0515. The van der Waals surface area contributed by atoms with E-state index in [1.807, 2.05) is 42.9 Å². The van der Waals surface area contributed by atoms with Gasteiger partial charge in [0.25, 0.3) is 0 Å². The summed E-state index contributed by atoms with van der Waals surface area (Å²) in [6.45, 7) is 8.63. The van der Waals surface area contributed by atoms with Gasteiger partial charge in [0.15, 0.2) is 0 Å². The Hall–Kier alpha value is -2.86. The van der Waals surface area contributed by atoms with Crippen LogP contribution in [0.3, 0.4) is 0 Å². The van der Waals surface area contributed by atoms with Gasteiger partial charge < -0.3 is 13.7 Å². The molecule has 3 aromatic heterocycles. The highest BCUT2D eigenvalue weighted by Gasteiger charge is 2.21. The summed E-state index contributed by atoms with van der Waals surface area (Å²) in [6, 6.07) is 10.1. The van der Waals surface area contributed by atoms with Gasteiger partial charge in [-0.2, -0.15) is 0 Å². The van der Waals surface area contributed by atoms with E-state index in [2.05, 4.69) is 25.1 Å². The van der Waals surface area contributed by atoms with Crippen LogP contribution in [0.25, 0.3) is 21.7 Å². The Bertz CT molecular complexity index is 1170. The lowest BCUT2D eigenvalue weighted by Gasteiger charge is -2.08. The lowest BCUT2D eigenvalue weighted by atomic mass is 10.1. The number of aryl methyl sites for hydroxylation is 3. The summed E-state index contributed by atoms with van der Waals surface area (Å²) in [5.74, 6) is 1.05. The number of benzene rings is 1. The summed E-state index contributed by atoms with van der Waals surface area (Å²) in [4.78, 5) is 18.2. The van der Waals surface area contributed by atoms with Crippen LogP contribution >= 0.6 is 11.3 Å². The van der Waals surface area contributed by atoms with Crippen LogP contribution in [0.15, 0.2) is 40.1 Å². The van der Waals surface area contributed by atoms with Crippen LogP contribution in [0.5, 0.6) is 0 Å². The second-order valence-electron chi connectivity index (χ2n) is 6.86. The zero-order valence-electron chi connectivity index (χ0n) is 16.4. The van der Waals surface area contributed by atoms with Crippen LogP contribution in [-0.2, 0) is 11.3 Å². The summed E-state index contributed by atoms with van der Waals surface area (Å²) in [5, 5.41) is 3.05. The van der Waals surface area contributed by atoms with E-state index in [0.29, 0.717) is 24.7 Å². The van der Waals surface area contributed by atoms with Crippen LogP contribution in [0, 0.1) is 20.8 Å². The third-order valence-corrected chi connectivity index (χ3v) is 5.76. The zero-order chi connectivity index (χ0) is 19.8. The minimum atomic E-state index is -0.318. The van der Waals surface area contributed by atoms with Gasteiger partial charge in [-0.15, -0.1) is 11.3 Å². The molecule has 0 amide bonds. The van der Waals surface area contributed by atoms with Crippen molar-refractivity contribution in [2.75, 3.05) is 6.61 Å². The molecule has 6 heteroatoms. The molecule has 144 valence electrons. The van der Waals surface area contributed by atoms with E-state index in [4.69, 9.17) is 14.1 Å². The Morgan fingerprint density at radius 2 is 2.04 bits per heavy atom. The van der Waals surface area contributed by atoms with Crippen molar-refractivity contribution in [2.45, 2.75) is 34.2 Å². The van der Waals surface area contributed by atoms with Crippen molar-refractivity contribution in [3.05, 3.63) is 64.0 Å². The van der Waals surface area contributed by atoms with Crippen LogP contribution in [0.2, 0.25) is 0 Å². The molecule has 0 aliphatic rings. The maximum atomic E-state index is 12.4. The third kappa shape index (κ3) is 3.24. The molecule has 0 bridgehead atoms. The summed E-state index contributed by atoms with van der Waals surface area (Å²) >= 11 is 1.60. The first-order chi connectivity index (χ1) is 13.5. The number of fused-ring (bicyclic) bond motifs is 1. The molecule has 0 fully saturated rings. The van der Waals surface area contributed by atoms with E-state index < -0.39 is 0 Å². The van der Waals surface area contributed by atoms with Gasteiger partial charge >= 0.3 is 5.97 Å². The van der Waals surface area contributed by atoms with Gasteiger partial charge in [0, 0.05) is 10.9 Å². The molecule has 0 aliphatic carbocycles. The van der Waals surface area contributed by atoms with E-state index >= 15 is 0 Å². The van der Waals surface area contributed by atoms with E-state index in [1.165, 1.54) is 0 Å². The zero-order valence-corrected chi connectivity index (χ0v) is 17.2. The fraction of sp³-hybridized carbons (Fsp3) is 0.273. The quantitative estimate of drug-likeness (QED) is 0.419. The van der Waals surface area contributed by atoms with Crippen molar-refractivity contribution in [3.8, 4) is 11.5 Å². The van der Waals surface area contributed by atoms with E-state index in [9.17, 15) is 4.79 Å². The van der Waals surface area contributed by atoms with Crippen molar-refractivity contribution in [1.82, 2.24) is 9.55 Å². The number of esters is 1. The molecule has 0 saturated carbocycles. The highest BCUT2D eigenvalue weighted by atomic mass is 32.1. The number of carbonyl (C=O) groups is 1. The Labute approximate surface area is 167 Å². The SMILES string of the molecule is CCOC(=O)c1cc2ccsc2n1Cc1nc(-c2cc(C)ccc2C)oc1C. The molecule has 0 spiro atoms. The van der Waals surface area contributed by atoms with E-state index in [-0.39, 0.29) is 5.97 Å². The van der Waals surface area contributed by atoms with Gasteiger partial charge in [-0.1, -0.05) is 17.7 Å². The minimum Gasteiger partial charge on any atom is -0.461 e. The van der Waals surface area contributed by atoms with E-state index in [1.54, 1.807) is 11.3 Å². The molecule has 4 rings (SSSR count). The average molecular weight is 394 g/mol. The molecule has 0 atom stereocenters. The summed E-state index contributed by atoms with van der Waals surface area (Å²) in [7, 11) is 0. The number of aromatic nitrogens is 2. The van der Waals surface area contributed by atoms with Crippen LogP contribution in [-0.4, -0.2) is 22.1 Å². The molecule has 28 heavy (non-hydrogen) atoms. The Balaban J connectivity index is 1.75. The highest BCUT2D eigenvalue weighted by Crippen LogP contribution is 2.30. The van der Waals surface area contributed by atoms with Gasteiger partial charge in [0.05, 0.1) is 13.2 Å². The predicted molar refractivity (Wildman–Crippen MR) is 111 cm³/mol. The number of hydrogen-bond acceptors (Lipinski definition) is 5. The number of carbonyl (C=O) groups excluding carboxylic acids is 1. The molecule has 4 aromatic rings. The number of nitrogens with zero attached hydrogens (tertiary/aromatic N) is 2. The van der Waals surface area contributed by atoms with Crippen molar-refractivity contribution >= 4 is 27.5 Å². The molecule has 0 unspecified atom stereocenters. The second kappa shape index (κ2) is 7.28. The predicted octanol–water partition coefficient (Wildman–Crippen LogP) is 5.51. The Morgan fingerprint density at radius 1 is 1.21 bits per heavy atom. The number of hydrogen-bond donors (Lipinski definition) is 0. The topological polar surface area (TPSA) is 57.3 Å². The van der Waals surface area contributed by atoms with Gasteiger partial charge in [-0.25, -0.2) is 9.78 Å². The molecule has 0 saturated heterocycles. The van der Waals surface area contributed by atoms with Gasteiger partial charge in [0.2, 0.25) is 5.89 Å². The highest BCUT2D eigenvalue weighted by molar-refractivity contribution is 7.16. The molecule has 5 nitrogen and oxygen atoms in total. The largest absolute Gasteiger partial charge is 0.461 e. The fourth-order valence-electron chi connectivity index (χ4n) is 3.31. The van der Waals surface area contributed by atoms with Crippen molar-refractivity contribution in [2.24, 2.45) is 0 Å². The molecule has 3 heterocycles. The smallest absolute Gasteiger partial charge is 0.355 e. The van der Waals surface area contributed by atoms with Gasteiger partial charge in [-0.3, -0.25) is 0 Å². The first-order valence-corrected chi connectivity index (χ1v) is 10.1. The Kier molecular flexibility index (Phi) is 4.81. The van der Waals surface area contributed by atoms with Gasteiger partial charge in [0.1, 0.15) is 22.0 Å². The van der Waals surface area contributed by atoms with Crippen LogP contribution in [0.1, 0.15) is 40.0 Å². The van der Waals surface area contributed by atoms with Crippen LogP contribution < -0.4 is 0 Å². The molecule has 0 N–H and O–H groups in total. The van der Waals surface area contributed by atoms with Crippen molar-refractivity contribution in [3.63, 3.8) is 0 Å². The Morgan fingerprint density at radius 3 is 2.82 bits per heavy atom. The standard InChI is InChI=1S/C22H22N2O3S/c1-5-26-22(25)19-11-16-8-9-28-21(16)24(19)12-18-15(4)27-20(23-18)17-10-13(2)6-7-14(17)3/h6-11H,5,12H2,1-4H3. The third-order valence-electron chi connectivity index (χ3n) is 4.81. The molecule has 1 aromatic carbocycles. The van der Waals surface area contributed by atoms with Crippen LogP contribution in [0.4, 0.5) is 0 Å². The molecular weight excluding hydrogens is 372 g/mol. The van der Waals surface area contributed by atoms with Crippen molar-refractivity contribution < 1.29 is 13.9 Å². The number of ether oxygens (including phenoxy) is 1. The minimum absolute atomic E-state index is 0.318. The number of oxazole rings is 1. The maximum Gasteiger partial charge on any atom is 0.355 e. The summed E-state index contributed by atoms with van der Waals surface area (Å²) < 4.78 is 13.2. The molecule has 0 aliphatic heterocycles.